The van der Waals surface area contributed by atoms with E-state index in [1.165, 1.54) is 0 Å². The quantitative estimate of drug-likeness (QED) is 0.851. The minimum absolute atomic E-state index is 0.179. The van der Waals surface area contributed by atoms with Crippen LogP contribution in [0, 0.1) is 5.82 Å². The van der Waals surface area contributed by atoms with E-state index in [9.17, 15) is 4.39 Å². The largest absolute Gasteiger partial charge is 0.379 e. The normalized spacial score (nSPS) is 25.5. The first-order chi connectivity index (χ1) is 7.18. The molecule has 82 valence electrons. The zero-order valence-corrected chi connectivity index (χ0v) is 10.0. The summed E-state index contributed by atoms with van der Waals surface area (Å²) in [5, 5.41) is 3.93. The number of thioether (sulfide) groups is 1. The fourth-order valence-corrected chi connectivity index (χ4v) is 3.11. The van der Waals surface area contributed by atoms with Crippen LogP contribution in [0.5, 0.6) is 0 Å². The highest BCUT2D eigenvalue weighted by Crippen LogP contribution is 2.30. The van der Waals surface area contributed by atoms with Gasteiger partial charge in [-0.25, -0.2) is 4.39 Å². The lowest BCUT2D eigenvalue weighted by Gasteiger charge is -2.18. The SMILES string of the molecule is CC1SCCC1Nc1cccc(Cl)c1F. The summed E-state index contributed by atoms with van der Waals surface area (Å²) in [7, 11) is 0. The zero-order valence-electron chi connectivity index (χ0n) is 8.47. The average molecular weight is 246 g/mol. The van der Waals surface area contributed by atoms with Crippen molar-refractivity contribution >= 4 is 29.1 Å². The van der Waals surface area contributed by atoms with Crippen molar-refractivity contribution in [2.75, 3.05) is 11.1 Å². The first-order valence-electron chi connectivity index (χ1n) is 5.00. The number of benzene rings is 1. The molecule has 1 aliphatic rings. The predicted octanol–water partition coefficient (Wildman–Crippen LogP) is 3.79. The molecule has 1 heterocycles. The second kappa shape index (κ2) is 4.62. The molecule has 4 heteroatoms. The van der Waals surface area contributed by atoms with Gasteiger partial charge in [-0.1, -0.05) is 24.6 Å². The third-order valence-corrected chi connectivity index (χ3v) is 4.29. The van der Waals surface area contributed by atoms with E-state index in [2.05, 4.69) is 12.2 Å². The van der Waals surface area contributed by atoms with Crippen LogP contribution < -0.4 is 5.32 Å². The van der Waals surface area contributed by atoms with Gasteiger partial charge in [0.2, 0.25) is 0 Å². The summed E-state index contributed by atoms with van der Waals surface area (Å²) < 4.78 is 13.6. The average Bonchev–Trinajstić information content (AvgIpc) is 2.60. The van der Waals surface area contributed by atoms with E-state index in [4.69, 9.17) is 11.6 Å². The van der Waals surface area contributed by atoms with Crippen LogP contribution in [0.25, 0.3) is 0 Å². The summed E-state index contributed by atoms with van der Waals surface area (Å²) in [6, 6.07) is 5.41. The second-order valence-corrected chi connectivity index (χ2v) is 5.61. The van der Waals surface area contributed by atoms with Gasteiger partial charge in [-0.15, -0.1) is 0 Å². The molecule has 0 amide bonds. The molecule has 0 aromatic heterocycles. The summed E-state index contributed by atoms with van der Waals surface area (Å²) in [5.41, 5.74) is 0.516. The number of anilines is 1. The molecule has 2 rings (SSSR count). The topological polar surface area (TPSA) is 12.0 Å². The summed E-state index contributed by atoms with van der Waals surface area (Å²) in [6.45, 7) is 2.16. The van der Waals surface area contributed by atoms with E-state index < -0.39 is 0 Å². The van der Waals surface area contributed by atoms with E-state index in [1.54, 1.807) is 18.2 Å². The van der Waals surface area contributed by atoms with Crippen molar-refractivity contribution in [1.29, 1.82) is 0 Å². The second-order valence-electron chi connectivity index (χ2n) is 3.72. The Bertz CT molecular complexity index is 358. The number of hydrogen-bond donors (Lipinski definition) is 1. The summed E-state index contributed by atoms with van der Waals surface area (Å²) in [6.07, 6.45) is 1.08. The maximum absolute atomic E-state index is 13.6. The Kier molecular flexibility index (Phi) is 3.42. The van der Waals surface area contributed by atoms with Crippen LogP contribution in [0.15, 0.2) is 18.2 Å². The molecule has 0 radical (unpaired) electrons. The zero-order chi connectivity index (χ0) is 10.8. The lowest BCUT2D eigenvalue weighted by Crippen LogP contribution is -2.25. The van der Waals surface area contributed by atoms with Crippen molar-refractivity contribution in [1.82, 2.24) is 0 Å². The van der Waals surface area contributed by atoms with Crippen LogP contribution in [0.2, 0.25) is 5.02 Å². The van der Waals surface area contributed by atoms with Gasteiger partial charge < -0.3 is 5.32 Å². The van der Waals surface area contributed by atoms with E-state index in [1.807, 2.05) is 11.8 Å². The fourth-order valence-electron chi connectivity index (χ4n) is 1.74. The monoisotopic (exact) mass is 245 g/mol. The molecule has 1 saturated heterocycles. The van der Waals surface area contributed by atoms with Gasteiger partial charge in [0.1, 0.15) is 0 Å². The van der Waals surface area contributed by atoms with E-state index in [0.29, 0.717) is 17.0 Å². The van der Waals surface area contributed by atoms with Gasteiger partial charge >= 0.3 is 0 Å². The van der Waals surface area contributed by atoms with E-state index in [0.717, 1.165) is 12.2 Å². The first kappa shape index (κ1) is 11.1. The van der Waals surface area contributed by atoms with E-state index in [-0.39, 0.29) is 10.8 Å². The lowest BCUT2D eigenvalue weighted by molar-refractivity contribution is 0.623. The predicted molar refractivity (Wildman–Crippen MR) is 65.4 cm³/mol. The molecule has 1 N–H and O–H groups in total. The number of hydrogen-bond acceptors (Lipinski definition) is 2. The van der Waals surface area contributed by atoms with Gasteiger partial charge in [0, 0.05) is 11.3 Å². The van der Waals surface area contributed by atoms with Crippen LogP contribution in [0.4, 0.5) is 10.1 Å². The Balaban J connectivity index is 2.13. The van der Waals surface area contributed by atoms with Crippen LogP contribution >= 0.6 is 23.4 Å². The van der Waals surface area contributed by atoms with Crippen LogP contribution in [-0.4, -0.2) is 17.0 Å². The minimum Gasteiger partial charge on any atom is -0.379 e. The smallest absolute Gasteiger partial charge is 0.164 e. The Labute approximate surface area is 98.4 Å². The number of halogens is 2. The molecule has 2 atom stereocenters. The van der Waals surface area contributed by atoms with Crippen molar-refractivity contribution in [2.45, 2.75) is 24.6 Å². The Morgan fingerprint density at radius 2 is 2.33 bits per heavy atom. The molecule has 1 nitrogen and oxygen atoms in total. The highest BCUT2D eigenvalue weighted by Gasteiger charge is 2.24. The highest BCUT2D eigenvalue weighted by molar-refractivity contribution is 8.00. The first-order valence-corrected chi connectivity index (χ1v) is 6.43. The van der Waals surface area contributed by atoms with Crippen molar-refractivity contribution < 1.29 is 4.39 Å². The van der Waals surface area contributed by atoms with Crippen LogP contribution in [-0.2, 0) is 0 Å². The third kappa shape index (κ3) is 2.40. The summed E-state index contributed by atoms with van der Waals surface area (Å²) in [4.78, 5) is 0. The van der Waals surface area contributed by atoms with Gasteiger partial charge in [-0.3, -0.25) is 0 Å². The number of nitrogens with one attached hydrogen (secondary N) is 1. The molecule has 15 heavy (non-hydrogen) atoms. The highest BCUT2D eigenvalue weighted by atomic mass is 35.5. The number of rotatable bonds is 2. The maximum atomic E-state index is 13.6. The third-order valence-electron chi connectivity index (χ3n) is 2.67. The Morgan fingerprint density at radius 3 is 3.00 bits per heavy atom. The minimum atomic E-state index is -0.344. The Morgan fingerprint density at radius 1 is 1.53 bits per heavy atom. The standard InChI is InChI=1S/C11H13ClFNS/c1-7-9(5-6-15-7)14-10-4-2-3-8(12)11(10)13/h2-4,7,9,14H,5-6H2,1H3. The molecular formula is C11H13ClFNS. The summed E-state index contributed by atoms with van der Waals surface area (Å²) in [5.74, 6) is 0.796. The van der Waals surface area contributed by atoms with Crippen molar-refractivity contribution in [3.63, 3.8) is 0 Å². The van der Waals surface area contributed by atoms with Gasteiger partial charge in [0.25, 0.3) is 0 Å². The molecule has 1 aromatic carbocycles. The molecule has 0 spiro atoms. The molecule has 0 bridgehead atoms. The van der Waals surface area contributed by atoms with Crippen LogP contribution in [0.3, 0.4) is 0 Å². The molecule has 1 fully saturated rings. The molecule has 1 aliphatic heterocycles. The Hall–Kier alpha value is -0.410. The van der Waals surface area contributed by atoms with Gasteiger partial charge in [0.05, 0.1) is 10.7 Å². The van der Waals surface area contributed by atoms with Gasteiger partial charge in [-0.2, -0.15) is 11.8 Å². The van der Waals surface area contributed by atoms with Crippen molar-refractivity contribution in [3.05, 3.63) is 29.0 Å². The molecule has 2 unspecified atom stereocenters. The summed E-state index contributed by atoms with van der Waals surface area (Å²) >= 11 is 7.63. The van der Waals surface area contributed by atoms with E-state index >= 15 is 0 Å². The van der Waals surface area contributed by atoms with Gasteiger partial charge in [0.15, 0.2) is 5.82 Å². The molecular weight excluding hydrogens is 233 g/mol. The molecule has 0 aliphatic carbocycles. The maximum Gasteiger partial charge on any atom is 0.164 e. The van der Waals surface area contributed by atoms with Gasteiger partial charge in [-0.05, 0) is 24.3 Å². The lowest BCUT2D eigenvalue weighted by atomic mass is 10.1. The molecule has 1 aromatic rings. The van der Waals surface area contributed by atoms with Crippen LogP contribution in [0.1, 0.15) is 13.3 Å². The fraction of sp³-hybridized carbons (Fsp3) is 0.455. The molecule has 0 saturated carbocycles. The van der Waals surface area contributed by atoms with Crippen molar-refractivity contribution in [2.24, 2.45) is 0 Å². The van der Waals surface area contributed by atoms with Crippen molar-refractivity contribution in [3.8, 4) is 0 Å².